The second kappa shape index (κ2) is 9.20. The largest absolute Gasteiger partial charge is 0.381 e. The van der Waals surface area contributed by atoms with Gasteiger partial charge in [-0.05, 0) is 55.8 Å². The standard InChI is InChI=1S/C12H16BrN.C4H4BrN3/c13-12-11(7-4-8-14-12)9-10-5-2-1-3-6-10;5-3-4(6)8-2-1-7-3/h4,7-8,10H,1-3,5-6,9H2;1-2H,(H2,6,8). The van der Waals surface area contributed by atoms with Crippen LogP contribution in [-0.2, 0) is 6.42 Å². The summed E-state index contributed by atoms with van der Waals surface area (Å²) < 4.78 is 1.63. The van der Waals surface area contributed by atoms with Crippen molar-refractivity contribution in [3.8, 4) is 0 Å². The van der Waals surface area contributed by atoms with Crippen LogP contribution in [0, 0.1) is 5.92 Å². The Morgan fingerprint density at radius 2 is 1.64 bits per heavy atom. The number of halogens is 2. The molecule has 22 heavy (non-hydrogen) atoms. The van der Waals surface area contributed by atoms with E-state index >= 15 is 0 Å². The molecule has 0 atom stereocenters. The highest BCUT2D eigenvalue weighted by Crippen LogP contribution is 2.28. The lowest BCUT2D eigenvalue weighted by Gasteiger charge is -2.21. The number of hydrogen-bond donors (Lipinski definition) is 1. The lowest BCUT2D eigenvalue weighted by Crippen LogP contribution is -2.09. The lowest BCUT2D eigenvalue weighted by atomic mass is 9.85. The van der Waals surface area contributed by atoms with Gasteiger partial charge in [0, 0.05) is 18.6 Å². The fraction of sp³-hybridized carbons (Fsp3) is 0.438. The molecule has 0 spiro atoms. The van der Waals surface area contributed by atoms with Crippen molar-refractivity contribution < 1.29 is 0 Å². The molecule has 6 heteroatoms. The highest BCUT2D eigenvalue weighted by molar-refractivity contribution is 9.10. The summed E-state index contributed by atoms with van der Waals surface area (Å²) >= 11 is 6.61. The number of aromatic nitrogens is 3. The zero-order valence-electron chi connectivity index (χ0n) is 12.4. The van der Waals surface area contributed by atoms with Crippen LogP contribution in [0.5, 0.6) is 0 Å². The maximum absolute atomic E-state index is 5.30. The Bertz CT molecular complexity index is 565. The van der Waals surface area contributed by atoms with Crippen molar-refractivity contribution in [1.82, 2.24) is 15.0 Å². The van der Waals surface area contributed by atoms with Gasteiger partial charge in [-0.1, -0.05) is 38.2 Å². The highest BCUT2D eigenvalue weighted by Gasteiger charge is 2.15. The van der Waals surface area contributed by atoms with Crippen molar-refractivity contribution in [3.63, 3.8) is 0 Å². The molecule has 4 nitrogen and oxygen atoms in total. The Balaban J connectivity index is 0.000000188. The molecular formula is C16H20Br2N4. The van der Waals surface area contributed by atoms with Crippen molar-refractivity contribution in [2.24, 2.45) is 5.92 Å². The topological polar surface area (TPSA) is 64.7 Å². The van der Waals surface area contributed by atoms with Crippen LogP contribution >= 0.6 is 31.9 Å². The fourth-order valence-electron chi connectivity index (χ4n) is 2.61. The predicted molar refractivity (Wildman–Crippen MR) is 96.4 cm³/mol. The van der Waals surface area contributed by atoms with E-state index in [1.165, 1.54) is 44.1 Å². The summed E-state index contributed by atoms with van der Waals surface area (Å²) in [5.74, 6) is 1.32. The summed E-state index contributed by atoms with van der Waals surface area (Å²) in [4.78, 5) is 11.8. The Hall–Kier alpha value is -1.01. The second-order valence-electron chi connectivity index (χ2n) is 5.39. The van der Waals surface area contributed by atoms with Crippen LogP contribution in [0.25, 0.3) is 0 Å². The van der Waals surface area contributed by atoms with Crippen LogP contribution in [0.15, 0.2) is 39.9 Å². The maximum atomic E-state index is 5.30. The van der Waals surface area contributed by atoms with Gasteiger partial charge in [0.2, 0.25) is 0 Å². The molecule has 0 saturated heterocycles. The molecule has 1 aliphatic carbocycles. The zero-order chi connectivity index (χ0) is 15.8. The normalized spacial score (nSPS) is 15.0. The molecule has 2 aromatic rings. The monoisotopic (exact) mass is 426 g/mol. The quantitative estimate of drug-likeness (QED) is 0.699. The van der Waals surface area contributed by atoms with E-state index in [-0.39, 0.29) is 0 Å². The van der Waals surface area contributed by atoms with Crippen LogP contribution in [-0.4, -0.2) is 15.0 Å². The van der Waals surface area contributed by atoms with Crippen molar-refractivity contribution in [2.45, 2.75) is 38.5 Å². The molecule has 118 valence electrons. The van der Waals surface area contributed by atoms with E-state index in [2.05, 4.69) is 52.9 Å². The first-order chi connectivity index (χ1) is 10.7. The third-order valence-electron chi connectivity index (χ3n) is 3.75. The van der Waals surface area contributed by atoms with E-state index in [1.54, 1.807) is 12.4 Å². The molecule has 1 aliphatic rings. The first-order valence-corrected chi connectivity index (χ1v) is 9.07. The van der Waals surface area contributed by atoms with Crippen LogP contribution in [0.4, 0.5) is 5.82 Å². The number of nitrogens with two attached hydrogens (primary N) is 1. The number of nitrogens with zero attached hydrogens (tertiary/aromatic N) is 3. The molecule has 3 rings (SSSR count). The maximum Gasteiger partial charge on any atom is 0.156 e. The minimum Gasteiger partial charge on any atom is -0.381 e. The van der Waals surface area contributed by atoms with Gasteiger partial charge in [0.25, 0.3) is 0 Å². The number of pyridine rings is 1. The summed E-state index contributed by atoms with van der Waals surface area (Å²) in [5.41, 5.74) is 6.67. The average molecular weight is 428 g/mol. The van der Waals surface area contributed by atoms with Crippen LogP contribution < -0.4 is 5.73 Å². The SMILES string of the molecule is Brc1ncccc1CC1CCCCC1.Nc1nccnc1Br. The van der Waals surface area contributed by atoms with Crippen LogP contribution in [0.1, 0.15) is 37.7 Å². The molecule has 0 bridgehead atoms. The minimum absolute atomic E-state index is 0.424. The van der Waals surface area contributed by atoms with Crippen molar-refractivity contribution in [1.29, 1.82) is 0 Å². The van der Waals surface area contributed by atoms with Gasteiger partial charge >= 0.3 is 0 Å². The zero-order valence-corrected chi connectivity index (χ0v) is 15.6. The molecule has 0 radical (unpaired) electrons. The van der Waals surface area contributed by atoms with Crippen LogP contribution in [0.3, 0.4) is 0 Å². The van der Waals surface area contributed by atoms with E-state index in [9.17, 15) is 0 Å². The van der Waals surface area contributed by atoms with Gasteiger partial charge in [-0.3, -0.25) is 0 Å². The van der Waals surface area contributed by atoms with E-state index in [4.69, 9.17) is 5.73 Å². The van der Waals surface area contributed by atoms with E-state index < -0.39 is 0 Å². The van der Waals surface area contributed by atoms with Gasteiger partial charge in [0.15, 0.2) is 5.82 Å². The Kier molecular flexibility index (Phi) is 7.25. The number of hydrogen-bond acceptors (Lipinski definition) is 4. The summed E-state index contributed by atoms with van der Waals surface area (Å²) in [6.07, 6.45) is 13.2. The lowest BCUT2D eigenvalue weighted by molar-refractivity contribution is 0.356. The molecule has 0 aliphatic heterocycles. The minimum atomic E-state index is 0.424. The predicted octanol–water partition coefficient (Wildman–Crippen LogP) is 4.79. The van der Waals surface area contributed by atoms with Crippen molar-refractivity contribution in [3.05, 3.63) is 45.5 Å². The second-order valence-corrected chi connectivity index (χ2v) is 6.90. The van der Waals surface area contributed by atoms with Gasteiger partial charge in [-0.25, -0.2) is 15.0 Å². The molecule has 0 unspecified atom stereocenters. The van der Waals surface area contributed by atoms with E-state index in [0.717, 1.165) is 10.5 Å². The van der Waals surface area contributed by atoms with Crippen molar-refractivity contribution >= 4 is 37.7 Å². The molecule has 0 amide bonds. The molecule has 0 aromatic carbocycles. The molecular weight excluding hydrogens is 408 g/mol. The summed E-state index contributed by atoms with van der Waals surface area (Å²) in [7, 11) is 0. The third kappa shape index (κ3) is 5.65. The Labute approximate surface area is 148 Å². The first kappa shape index (κ1) is 17.3. The van der Waals surface area contributed by atoms with Gasteiger partial charge in [0.05, 0.1) is 0 Å². The summed E-state index contributed by atoms with van der Waals surface area (Å²) in [6.45, 7) is 0. The van der Waals surface area contributed by atoms with Gasteiger partial charge in [0.1, 0.15) is 9.21 Å². The average Bonchev–Trinajstić information content (AvgIpc) is 2.54. The highest BCUT2D eigenvalue weighted by atomic mass is 79.9. The van der Waals surface area contributed by atoms with Crippen molar-refractivity contribution in [2.75, 3.05) is 5.73 Å². The summed E-state index contributed by atoms with van der Waals surface area (Å²) in [5, 5.41) is 0. The molecule has 2 aromatic heterocycles. The Morgan fingerprint density at radius 3 is 2.23 bits per heavy atom. The molecule has 1 fully saturated rings. The first-order valence-electron chi connectivity index (χ1n) is 7.48. The summed E-state index contributed by atoms with van der Waals surface area (Å²) in [6, 6.07) is 4.22. The van der Waals surface area contributed by atoms with Gasteiger partial charge in [-0.2, -0.15) is 0 Å². The fourth-order valence-corrected chi connectivity index (χ4v) is 3.24. The smallest absolute Gasteiger partial charge is 0.156 e. The number of rotatable bonds is 2. The van der Waals surface area contributed by atoms with Gasteiger partial charge < -0.3 is 5.73 Å². The molecule has 2 heterocycles. The van der Waals surface area contributed by atoms with E-state index in [0.29, 0.717) is 10.4 Å². The molecule has 1 saturated carbocycles. The van der Waals surface area contributed by atoms with Gasteiger partial charge in [-0.15, -0.1) is 0 Å². The number of nitrogen functional groups attached to an aromatic ring is 1. The Morgan fingerprint density at radius 1 is 0.955 bits per heavy atom. The van der Waals surface area contributed by atoms with Crippen LogP contribution in [0.2, 0.25) is 0 Å². The third-order valence-corrected chi connectivity index (χ3v) is 5.07. The van der Waals surface area contributed by atoms with E-state index in [1.807, 2.05) is 12.3 Å². The molecule has 2 N–H and O–H groups in total. The number of anilines is 1.